The van der Waals surface area contributed by atoms with Gasteiger partial charge in [-0.2, -0.15) is 0 Å². The van der Waals surface area contributed by atoms with E-state index in [0.29, 0.717) is 54.4 Å². The average molecular weight is 387 g/mol. The lowest BCUT2D eigenvalue weighted by Crippen LogP contribution is -2.32. The van der Waals surface area contributed by atoms with Gasteiger partial charge in [0.15, 0.2) is 5.82 Å². The lowest BCUT2D eigenvalue weighted by molar-refractivity contribution is -0.125. The minimum absolute atomic E-state index is 0.0717. The number of hydrogen-bond acceptors (Lipinski definition) is 6. The summed E-state index contributed by atoms with van der Waals surface area (Å²) in [6.07, 6.45) is 2.59. The number of nitrogens with one attached hydrogen (secondary N) is 2. The molecule has 0 atom stereocenters. The Morgan fingerprint density at radius 2 is 1.64 bits per heavy atom. The predicted octanol–water partition coefficient (Wildman–Crippen LogP) is 3.38. The molecule has 2 aromatic rings. The highest BCUT2D eigenvalue weighted by Gasteiger charge is 2.30. The zero-order valence-corrected chi connectivity index (χ0v) is 16.3. The second kappa shape index (κ2) is 8.77. The van der Waals surface area contributed by atoms with Gasteiger partial charge in [-0.05, 0) is 44.7 Å². The van der Waals surface area contributed by atoms with Crippen LogP contribution in [-0.4, -0.2) is 31.2 Å². The molecule has 1 aliphatic carbocycles. The summed E-state index contributed by atoms with van der Waals surface area (Å²) in [5, 5.41) is 9.47. The summed E-state index contributed by atoms with van der Waals surface area (Å²) in [6.45, 7) is 1.77. The Labute approximate surface area is 163 Å². The first kappa shape index (κ1) is 19.7. The van der Waals surface area contributed by atoms with Crippen LogP contribution in [0.15, 0.2) is 28.8 Å². The Morgan fingerprint density at radius 1 is 1.00 bits per heavy atom. The van der Waals surface area contributed by atoms with Crippen molar-refractivity contribution in [1.29, 1.82) is 0 Å². The molecule has 0 aliphatic heterocycles. The first-order valence-corrected chi connectivity index (χ1v) is 9.27. The molecule has 1 aromatic carbocycles. The van der Waals surface area contributed by atoms with Gasteiger partial charge in [-0.15, -0.1) is 0 Å². The Kier molecular flexibility index (Phi) is 6.18. The molecule has 0 radical (unpaired) electrons. The van der Waals surface area contributed by atoms with Gasteiger partial charge in [0.25, 0.3) is 0 Å². The summed E-state index contributed by atoms with van der Waals surface area (Å²) in [7, 11) is 3.12. The number of ether oxygens (including phenoxy) is 2. The Bertz CT molecular complexity index is 840. The third-order valence-corrected chi connectivity index (χ3v) is 5.01. The average Bonchev–Trinajstić information content (AvgIpc) is 3.12. The molecule has 150 valence electrons. The third kappa shape index (κ3) is 4.62. The molecule has 8 heteroatoms. The van der Waals surface area contributed by atoms with Gasteiger partial charge in [-0.25, -0.2) is 0 Å². The smallest absolute Gasteiger partial charge is 0.228 e. The van der Waals surface area contributed by atoms with Gasteiger partial charge in [0.05, 0.1) is 19.9 Å². The molecular weight excluding hydrogens is 362 g/mol. The molecule has 3 rings (SSSR count). The second-order valence-corrected chi connectivity index (χ2v) is 6.92. The van der Waals surface area contributed by atoms with Crippen molar-refractivity contribution in [2.24, 2.45) is 11.8 Å². The zero-order chi connectivity index (χ0) is 20.1. The number of amides is 2. The second-order valence-electron chi connectivity index (χ2n) is 6.92. The SMILES string of the molecule is COc1ccc(OC)c(NC(=O)C2CCC(C(=O)Nc3cc(C)on3)CC2)c1. The minimum atomic E-state index is -0.144. The van der Waals surface area contributed by atoms with Crippen LogP contribution in [0, 0.1) is 18.8 Å². The summed E-state index contributed by atoms with van der Waals surface area (Å²) < 4.78 is 15.5. The van der Waals surface area contributed by atoms with Crippen LogP contribution in [0.5, 0.6) is 11.5 Å². The van der Waals surface area contributed by atoms with E-state index in [1.807, 2.05) is 0 Å². The maximum atomic E-state index is 12.7. The number of methoxy groups -OCH3 is 2. The molecule has 1 aliphatic rings. The fraction of sp³-hybridized carbons (Fsp3) is 0.450. The van der Waals surface area contributed by atoms with Crippen LogP contribution in [0.3, 0.4) is 0 Å². The predicted molar refractivity (Wildman–Crippen MR) is 103 cm³/mol. The first-order chi connectivity index (χ1) is 13.5. The summed E-state index contributed by atoms with van der Waals surface area (Å²) in [5.41, 5.74) is 0.577. The van der Waals surface area contributed by atoms with Crippen molar-refractivity contribution in [3.63, 3.8) is 0 Å². The first-order valence-electron chi connectivity index (χ1n) is 9.27. The van der Waals surface area contributed by atoms with Crippen molar-refractivity contribution >= 4 is 23.3 Å². The summed E-state index contributed by atoms with van der Waals surface area (Å²) in [6, 6.07) is 6.93. The number of carbonyl (C=O) groups excluding carboxylic acids is 2. The van der Waals surface area contributed by atoms with Gasteiger partial charge in [-0.3, -0.25) is 9.59 Å². The fourth-order valence-electron chi connectivity index (χ4n) is 3.42. The Morgan fingerprint density at radius 3 is 2.18 bits per heavy atom. The molecule has 1 aromatic heterocycles. The van der Waals surface area contributed by atoms with Crippen LogP contribution < -0.4 is 20.1 Å². The number of aryl methyl sites for hydroxylation is 1. The van der Waals surface area contributed by atoms with Gasteiger partial charge in [0, 0.05) is 24.0 Å². The monoisotopic (exact) mass is 387 g/mol. The summed E-state index contributed by atoms with van der Waals surface area (Å²) in [5.74, 6) is 1.85. The fourth-order valence-corrected chi connectivity index (χ4v) is 3.42. The Balaban J connectivity index is 1.54. The summed E-state index contributed by atoms with van der Waals surface area (Å²) in [4.78, 5) is 25.0. The molecule has 0 spiro atoms. The van der Waals surface area contributed by atoms with Crippen molar-refractivity contribution in [1.82, 2.24) is 5.16 Å². The van der Waals surface area contributed by atoms with E-state index in [1.165, 1.54) is 0 Å². The van der Waals surface area contributed by atoms with E-state index in [9.17, 15) is 9.59 Å². The lowest BCUT2D eigenvalue weighted by Gasteiger charge is -2.27. The van der Waals surface area contributed by atoms with Crippen molar-refractivity contribution in [3.8, 4) is 11.5 Å². The molecular formula is C20H25N3O5. The van der Waals surface area contributed by atoms with Crippen molar-refractivity contribution in [3.05, 3.63) is 30.0 Å². The molecule has 8 nitrogen and oxygen atoms in total. The highest BCUT2D eigenvalue weighted by atomic mass is 16.5. The highest BCUT2D eigenvalue weighted by Crippen LogP contribution is 2.33. The van der Waals surface area contributed by atoms with Crippen molar-refractivity contribution in [2.45, 2.75) is 32.6 Å². The van der Waals surface area contributed by atoms with E-state index in [-0.39, 0.29) is 23.7 Å². The minimum Gasteiger partial charge on any atom is -0.497 e. The van der Waals surface area contributed by atoms with E-state index in [0.717, 1.165) is 0 Å². The molecule has 0 saturated heterocycles. The maximum Gasteiger partial charge on any atom is 0.228 e. The number of carbonyl (C=O) groups is 2. The topological polar surface area (TPSA) is 103 Å². The normalized spacial score (nSPS) is 19.0. The van der Waals surface area contributed by atoms with Crippen LogP contribution in [0.4, 0.5) is 11.5 Å². The van der Waals surface area contributed by atoms with Crippen molar-refractivity contribution in [2.75, 3.05) is 24.9 Å². The largest absolute Gasteiger partial charge is 0.497 e. The number of anilines is 2. The highest BCUT2D eigenvalue weighted by molar-refractivity contribution is 5.95. The molecule has 0 bridgehead atoms. The molecule has 2 amide bonds. The van der Waals surface area contributed by atoms with Gasteiger partial charge >= 0.3 is 0 Å². The molecule has 0 unspecified atom stereocenters. The standard InChI is InChI=1S/C20H25N3O5/c1-12-10-18(23-28-12)22-20(25)14-6-4-13(5-7-14)19(24)21-16-11-15(26-2)8-9-17(16)27-3/h8-11,13-14H,4-7H2,1-3H3,(H,21,24)(H,22,23,25). The molecule has 1 heterocycles. The number of nitrogens with zero attached hydrogens (tertiary/aromatic N) is 1. The van der Waals surface area contributed by atoms with Crippen molar-refractivity contribution < 1.29 is 23.6 Å². The van der Waals surface area contributed by atoms with E-state index in [2.05, 4.69) is 15.8 Å². The number of aromatic nitrogens is 1. The molecule has 1 saturated carbocycles. The zero-order valence-electron chi connectivity index (χ0n) is 16.3. The van der Waals surface area contributed by atoms with E-state index < -0.39 is 0 Å². The van der Waals surface area contributed by atoms with Crippen LogP contribution in [0.1, 0.15) is 31.4 Å². The summed E-state index contributed by atoms with van der Waals surface area (Å²) >= 11 is 0. The van der Waals surface area contributed by atoms with Crippen LogP contribution in [0.25, 0.3) is 0 Å². The van der Waals surface area contributed by atoms with Gasteiger partial charge < -0.3 is 24.6 Å². The third-order valence-electron chi connectivity index (χ3n) is 5.01. The lowest BCUT2D eigenvalue weighted by atomic mass is 9.81. The number of rotatable bonds is 6. The van der Waals surface area contributed by atoms with E-state index in [1.54, 1.807) is 45.4 Å². The maximum absolute atomic E-state index is 12.7. The van der Waals surface area contributed by atoms with E-state index >= 15 is 0 Å². The van der Waals surface area contributed by atoms with Gasteiger partial charge in [0.1, 0.15) is 17.3 Å². The van der Waals surface area contributed by atoms with Crippen LogP contribution in [-0.2, 0) is 9.59 Å². The Hall–Kier alpha value is -3.03. The molecule has 28 heavy (non-hydrogen) atoms. The quantitative estimate of drug-likeness (QED) is 0.788. The van der Waals surface area contributed by atoms with Crippen LogP contribution >= 0.6 is 0 Å². The molecule has 1 fully saturated rings. The van der Waals surface area contributed by atoms with Gasteiger partial charge in [-0.1, -0.05) is 5.16 Å². The number of hydrogen-bond donors (Lipinski definition) is 2. The number of benzene rings is 1. The van der Waals surface area contributed by atoms with E-state index in [4.69, 9.17) is 14.0 Å². The van der Waals surface area contributed by atoms with Crippen LogP contribution in [0.2, 0.25) is 0 Å². The van der Waals surface area contributed by atoms with Gasteiger partial charge in [0.2, 0.25) is 11.8 Å². The molecule has 2 N–H and O–H groups in total.